The van der Waals surface area contributed by atoms with Crippen molar-refractivity contribution in [3.8, 4) is 11.8 Å². The van der Waals surface area contributed by atoms with Crippen LogP contribution in [0.4, 0.5) is 0 Å². The summed E-state index contributed by atoms with van der Waals surface area (Å²) in [6.07, 6.45) is 6.27. The maximum Gasteiger partial charge on any atom is 0.220 e. The summed E-state index contributed by atoms with van der Waals surface area (Å²) in [5.41, 5.74) is 1.37. The van der Waals surface area contributed by atoms with Gasteiger partial charge >= 0.3 is 0 Å². The summed E-state index contributed by atoms with van der Waals surface area (Å²) in [6, 6.07) is 8.82. The van der Waals surface area contributed by atoms with Crippen LogP contribution in [0.15, 0.2) is 42.9 Å². The Kier molecular flexibility index (Phi) is 6.12. The van der Waals surface area contributed by atoms with Crippen molar-refractivity contribution in [3.05, 3.63) is 54.1 Å². The van der Waals surface area contributed by atoms with Gasteiger partial charge in [0.2, 0.25) is 5.91 Å². The van der Waals surface area contributed by atoms with Crippen molar-refractivity contribution in [2.45, 2.75) is 31.4 Å². The molecule has 2 atom stereocenters. The fourth-order valence-corrected chi connectivity index (χ4v) is 2.76. The Labute approximate surface area is 152 Å². The lowest BCUT2D eigenvalue weighted by molar-refractivity contribution is -0.124. The molecule has 134 valence electrons. The van der Waals surface area contributed by atoms with Crippen LogP contribution >= 0.6 is 0 Å². The van der Waals surface area contributed by atoms with Gasteiger partial charge in [0.1, 0.15) is 11.9 Å². The number of amides is 1. The molecule has 1 fully saturated rings. The molecule has 0 unspecified atom stereocenters. The quantitative estimate of drug-likeness (QED) is 0.849. The third kappa shape index (κ3) is 5.01. The Morgan fingerprint density at radius 1 is 1.35 bits per heavy atom. The van der Waals surface area contributed by atoms with Crippen LogP contribution in [0.1, 0.15) is 24.1 Å². The standard InChI is InChI=1S/C19H20N4O3/c20-11-14-1-4-16(5-2-14)26-18-7-10-25-13-17(18)23-19(24)6-3-15-12-21-8-9-22-15/h1-2,4-5,8-9,12,17-18H,3,6-7,10,13H2,(H,23,24)/t17-,18-/m1/s1. The molecule has 7 heteroatoms. The van der Waals surface area contributed by atoms with Crippen molar-refractivity contribution < 1.29 is 14.3 Å². The highest BCUT2D eigenvalue weighted by atomic mass is 16.5. The number of nitriles is 1. The van der Waals surface area contributed by atoms with Crippen LogP contribution < -0.4 is 10.1 Å². The van der Waals surface area contributed by atoms with Gasteiger partial charge in [-0.2, -0.15) is 5.26 Å². The van der Waals surface area contributed by atoms with Crippen molar-refractivity contribution in [2.24, 2.45) is 0 Å². The third-order valence-electron chi connectivity index (χ3n) is 4.14. The lowest BCUT2D eigenvalue weighted by atomic mass is 10.1. The van der Waals surface area contributed by atoms with Gasteiger partial charge in [-0.05, 0) is 30.7 Å². The molecule has 26 heavy (non-hydrogen) atoms. The second-order valence-corrected chi connectivity index (χ2v) is 6.03. The van der Waals surface area contributed by atoms with Gasteiger partial charge in [0, 0.05) is 31.4 Å². The van der Waals surface area contributed by atoms with Crippen molar-refractivity contribution in [1.82, 2.24) is 15.3 Å². The van der Waals surface area contributed by atoms with Gasteiger partial charge < -0.3 is 14.8 Å². The predicted molar refractivity (Wildman–Crippen MR) is 93.3 cm³/mol. The molecule has 1 aromatic heterocycles. The van der Waals surface area contributed by atoms with E-state index in [-0.39, 0.29) is 18.1 Å². The van der Waals surface area contributed by atoms with E-state index in [0.29, 0.717) is 43.8 Å². The lowest BCUT2D eigenvalue weighted by Gasteiger charge is -2.32. The van der Waals surface area contributed by atoms with Crippen molar-refractivity contribution in [3.63, 3.8) is 0 Å². The first-order valence-electron chi connectivity index (χ1n) is 8.53. The molecule has 0 saturated carbocycles. The fraction of sp³-hybridized carbons (Fsp3) is 0.368. The summed E-state index contributed by atoms with van der Waals surface area (Å²) in [6.45, 7) is 1.00. The molecule has 3 rings (SSSR count). The van der Waals surface area contributed by atoms with Gasteiger partial charge in [0.05, 0.1) is 36.6 Å². The summed E-state index contributed by atoms with van der Waals surface area (Å²) < 4.78 is 11.5. The second kappa shape index (κ2) is 8.92. The number of carbonyl (C=O) groups excluding carboxylic acids is 1. The first-order chi connectivity index (χ1) is 12.7. The molecule has 0 aliphatic carbocycles. The third-order valence-corrected chi connectivity index (χ3v) is 4.14. The highest BCUT2D eigenvalue weighted by Gasteiger charge is 2.28. The van der Waals surface area contributed by atoms with Crippen LogP contribution in [0.5, 0.6) is 5.75 Å². The van der Waals surface area contributed by atoms with E-state index in [9.17, 15) is 4.79 Å². The number of ether oxygens (including phenoxy) is 2. The molecule has 1 N–H and O–H groups in total. The van der Waals surface area contributed by atoms with Gasteiger partial charge in [0.15, 0.2) is 0 Å². The number of nitrogens with zero attached hydrogens (tertiary/aromatic N) is 3. The smallest absolute Gasteiger partial charge is 0.220 e. The monoisotopic (exact) mass is 352 g/mol. The molecule has 2 aromatic rings. The summed E-state index contributed by atoms with van der Waals surface area (Å²) >= 11 is 0. The largest absolute Gasteiger partial charge is 0.488 e. The van der Waals surface area contributed by atoms with Crippen molar-refractivity contribution >= 4 is 5.91 Å². The van der Waals surface area contributed by atoms with Crippen LogP contribution in [0.3, 0.4) is 0 Å². The number of hydrogen-bond acceptors (Lipinski definition) is 6. The van der Waals surface area contributed by atoms with Crippen LogP contribution in [0, 0.1) is 11.3 Å². The summed E-state index contributed by atoms with van der Waals surface area (Å²) in [7, 11) is 0. The van der Waals surface area contributed by atoms with E-state index >= 15 is 0 Å². The van der Waals surface area contributed by atoms with Crippen molar-refractivity contribution in [1.29, 1.82) is 5.26 Å². The number of aromatic nitrogens is 2. The zero-order valence-corrected chi connectivity index (χ0v) is 14.3. The Morgan fingerprint density at radius 2 is 2.19 bits per heavy atom. The van der Waals surface area contributed by atoms with E-state index in [2.05, 4.69) is 21.4 Å². The van der Waals surface area contributed by atoms with Crippen LogP contribution in [-0.2, 0) is 16.0 Å². The topological polar surface area (TPSA) is 97.1 Å². The Hall–Kier alpha value is -2.98. The molecule has 1 aromatic carbocycles. The summed E-state index contributed by atoms with van der Waals surface area (Å²) in [5, 5.41) is 11.9. The predicted octanol–water partition coefficient (Wildman–Crippen LogP) is 1.63. The first-order valence-corrected chi connectivity index (χ1v) is 8.53. The number of aryl methyl sites for hydroxylation is 1. The van der Waals surface area contributed by atoms with Gasteiger partial charge in [-0.1, -0.05) is 0 Å². The molecule has 0 bridgehead atoms. The molecule has 1 saturated heterocycles. The molecular formula is C19H20N4O3. The van der Waals surface area contributed by atoms with E-state index in [1.54, 1.807) is 42.9 Å². The Balaban J connectivity index is 1.54. The average molecular weight is 352 g/mol. The molecule has 0 spiro atoms. The lowest BCUT2D eigenvalue weighted by Crippen LogP contribution is -2.51. The maximum absolute atomic E-state index is 12.3. The minimum absolute atomic E-state index is 0.0698. The Bertz CT molecular complexity index is 759. The zero-order valence-electron chi connectivity index (χ0n) is 14.3. The zero-order chi connectivity index (χ0) is 18.2. The molecular weight excluding hydrogens is 332 g/mol. The second-order valence-electron chi connectivity index (χ2n) is 6.03. The number of rotatable bonds is 6. The molecule has 2 heterocycles. The highest BCUT2D eigenvalue weighted by molar-refractivity contribution is 5.76. The first kappa shape index (κ1) is 17.8. The van der Waals surface area contributed by atoms with Gasteiger partial charge in [-0.25, -0.2) is 0 Å². The molecule has 1 aliphatic heterocycles. The molecule has 1 aliphatic rings. The van der Waals surface area contributed by atoms with Crippen LogP contribution in [-0.4, -0.2) is 41.2 Å². The summed E-state index contributed by atoms with van der Waals surface area (Å²) in [5.74, 6) is 0.606. The normalized spacial score (nSPS) is 19.3. The molecule has 7 nitrogen and oxygen atoms in total. The van der Waals surface area contributed by atoms with E-state index in [4.69, 9.17) is 14.7 Å². The van der Waals surface area contributed by atoms with E-state index in [0.717, 1.165) is 5.69 Å². The van der Waals surface area contributed by atoms with Gasteiger partial charge in [-0.3, -0.25) is 14.8 Å². The van der Waals surface area contributed by atoms with E-state index < -0.39 is 0 Å². The van der Waals surface area contributed by atoms with Crippen LogP contribution in [0.2, 0.25) is 0 Å². The fourth-order valence-electron chi connectivity index (χ4n) is 2.76. The summed E-state index contributed by atoms with van der Waals surface area (Å²) in [4.78, 5) is 20.4. The van der Waals surface area contributed by atoms with E-state index in [1.807, 2.05) is 0 Å². The van der Waals surface area contributed by atoms with Gasteiger partial charge in [0.25, 0.3) is 0 Å². The SMILES string of the molecule is N#Cc1ccc(O[C@@H]2CCOC[C@H]2NC(=O)CCc2cnccn2)cc1. The van der Waals surface area contributed by atoms with Gasteiger partial charge in [-0.15, -0.1) is 0 Å². The minimum atomic E-state index is -0.214. The Morgan fingerprint density at radius 3 is 2.92 bits per heavy atom. The van der Waals surface area contributed by atoms with Crippen LogP contribution in [0.25, 0.3) is 0 Å². The molecule has 0 radical (unpaired) electrons. The number of hydrogen-bond donors (Lipinski definition) is 1. The number of nitrogens with one attached hydrogen (secondary N) is 1. The maximum atomic E-state index is 12.3. The number of benzene rings is 1. The number of carbonyl (C=O) groups is 1. The minimum Gasteiger partial charge on any atom is -0.488 e. The van der Waals surface area contributed by atoms with E-state index in [1.165, 1.54) is 0 Å². The molecule has 1 amide bonds. The van der Waals surface area contributed by atoms with Crippen molar-refractivity contribution in [2.75, 3.05) is 13.2 Å². The highest BCUT2D eigenvalue weighted by Crippen LogP contribution is 2.19. The average Bonchev–Trinajstić information content (AvgIpc) is 2.69.